The predicted molar refractivity (Wildman–Crippen MR) is 160 cm³/mol. The van der Waals surface area contributed by atoms with Crippen LogP contribution in [0.15, 0.2) is 65.3 Å². The molecule has 0 aromatic heterocycles. The number of halogens is 1. The zero-order chi connectivity index (χ0) is 29.0. The van der Waals surface area contributed by atoms with Crippen molar-refractivity contribution < 1.29 is 19.0 Å². The maximum absolute atomic E-state index is 13.4. The van der Waals surface area contributed by atoms with E-state index in [4.69, 9.17) is 9.73 Å². The van der Waals surface area contributed by atoms with Crippen molar-refractivity contribution in [3.63, 3.8) is 0 Å². The summed E-state index contributed by atoms with van der Waals surface area (Å²) >= 11 is 0. The summed E-state index contributed by atoms with van der Waals surface area (Å²) in [7, 11) is 0. The molecule has 7 heteroatoms. The van der Waals surface area contributed by atoms with Crippen LogP contribution in [0.1, 0.15) is 78.4 Å². The quantitative estimate of drug-likeness (QED) is 0.413. The van der Waals surface area contributed by atoms with Gasteiger partial charge in [0.15, 0.2) is 0 Å². The van der Waals surface area contributed by atoms with Crippen molar-refractivity contribution in [3.05, 3.63) is 77.3 Å². The smallest absolute Gasteiger partial charge is 0.411 e. The number of phenols is 1. The third-order valence-corrected chi connectivity index (χ3v) is 7.25. The molecule has 1 amide bonds. The number of carbonyl (C=O) groups excluding carboxylic acids is 1. The van der Waals surface area contributed by atoms with Gasteiger partial charge in [-0.2, -0.15) is 0 Å². The lowest BCUT2D eigenvalue weighted by Gasteiger charge is -2.34. The van der Waals surface area contributed by atoms with E-state index >= 15 is 0 Å². The molecule has 5 rings (SSSR count). The molecule has 2 aromatic rings. The van der Waals surface area contributed by atoms with Crippen molar-refractivity contribution in [3.8, 4) is 5.75 Å². The van der Waals surface area contributed by atoms with Gasteiger partial charge in [0.25, 0.3) is 0 Å². The molecule has 3 aliphatic rings. The summed E-state index contributed by atoms with van der Waals surface area (Å²) in [6.07, 6.45) is 7.69. The number of hydrogen-bond donors (Lipinski definition) is 1. The lowest BCUT2D eigenvalue weighted by molar-refractivity contribution is 0.0265. The van der Waals surface area contributed by atoms with E-state index in [1.807, 2.05) is 52.8 Å². The van der Waals surface area contributed by atoms with Crippen LogP contribution in [-0.2, 0) is 11.3 Å². The Balaban J connectivity index is 0.00000181. The zero-order valence-corrected chi connectivity index (χ0v) is 24.6. The van der Waals surface area contributed by atoms with Gasteiger partial charge in [-0.3, -0.25) is 9.89 Å². The number of anilines is 1. The summed E-state index contributed by atoms with van der Waals surface area (Å²) in [5.74, 6) is 1.01. The first-order valence-electron chi connectivity index (χ1n) is 14.4. The van der Waals surface area contributed by atoms with Crippen molar-refractivity contribution in [2.45, 2.75) is 85.4 Å². The summed E-state index contributed by atoms with van der Waals surface area (Å²) in [5.41, 5.74) is 4.65. The number of rotatable bonds is 2. The van der Waals surface area contributed by atoms with Gasteiger partial charge in [0.1, 0.15) is 23.0 Å². The van der Waals surface area contributed by atoms with Crippen LogP contribution in [0.25, 0.3) is 5.57 Å². The second-order valence-electron chi connectivity index (χ2n) is 11.5. The van der Waals surface area contributed by atoms with E-state index in [0.717, 1.165) is 48.3 Å². The fraction of sp³-hybridized carbons (Fsp3) is 0.455. The highest BCUT2D eigenvalue weighted by molar-refractivity contribution is 6.04. The number of fused-ring (bicyclic) bond motifs is 3. The molecule has 1 aliphatic carbocycles. The minimum Gasteiger partial charge on any atom is -0.508 e. The van der Waals surface area contributed by atoms with Crippen molar-refractivity contribution in [1.82, 2.24) is 4.90 Å². The molecule has 0 spiro atoms. The molecule has 0 fully saturated rings. The Morgan fingerprint density at radius 1 is 1.05 bits per heavy atom. The molecule has 214 valence electrons. The van der Waals surface area contributed by atoms with E-state index in [-0.39, 0.29) is 23.5 Å². The molecule has 2 heterocycles. The summed E-state index contributed by atoms with van der Waals surface area (Å²) in [5, 5.41) is 10.3. The molecule has 0 bridgehead atoms. The van der Waals surface area contributed by atoms with E-state index in [1.54, 1.807) is 17.0 Å². The zero-order valence-electron chi connectivity index (χ0n) is 24.6. The van der Waals surface area contributed by atoms with E-state index in [0.29, 0.717) is 13.1 Å². The Kier molecular flexibility index (Phi) is 9.02. The summed E-state index contributed by atoms with van der Waals surface area (Å²) in [6.45, 7) is 12.3. The van der Waals surface area contributed by atoms with Gasteiger partial charge < -0.3 is 14.7 Å². The third kappa shape index (κ3) is 6.75. The Hall–Kier alpha value is -3.61. The van der Waals surface area contributed by atoms with Crippen LogP contribution in [0.4, 0.5) is 14.9 Å². The van der Waals surface area contributed by atoms with Gasteiger partial charge in [-0.1, -0.05) is 38.1 Å². The molecule has 2 aromatic carbocycles. The van der Waals surface area contributed by atoms with Gasteiger partial charge in [0, 0.05) is 11.6 Å². The molecular weight excluding hydrogens is 505 g/mol. The summed E-state index contributed by atoms with van der Waals surface area (Å²) < 4.78 is 19.2. The van der Waals surface area contributed by atoms with Gasteiger partial charge in [-0.25, -0.2) is 9.18 Å². The topological polar surface area (TPSA) is 65.4 Å². The maximum Gasteiger partial charge on any atom is 0.411 e. The Morgan fingerprint density at radius 3 is 2.42 bits per heavy atom. The van der Waals surface area contributed by atoms with Crippen molar-refractivity contribution >= 4 is 23.2 Å². The normalized spacial score (nSPS) is 20.8. The first-order chi connectivity index (χ1) is 19.1. The second-order valence-corrected chi connectivity index (χ2v) is 11.5. The molecule has 0 saturated carbocycles. The predicted octanol–water partition coefficient (Wildman–Crippen LogP) is 8.07. The van der Waals surface area contributed by atoms with E-state index in [9.17, 15) is 14.3 Å². The molecule has 1 N–H and O–H groups in total. The van der Waals surface area contributed by atoms with Gasteiger partial charge in [0.05, 0.1) is 24.8 Å². The molecule has 40 heavy (non-hydrogen) atoms. The highest BCUT2D eigenvalue weighted by atomic mass is 19.1. The number of allylic oxidation sites excluding steroid dienone is 3. The van der Waals surface area contributed by atoms with Crippen LogP contribution in [0.5, 0.6) is 5.75 Å². The largest absolute Gasteiger partial charge is 0.508 e. The first-order valence-corrected chi connectivity index (χ1v) is 14.4. The fourth-order valence-corrected chi connectivity index (χ4v) is 5.47. The number of amides is 1. The lowest BCUT2D eigenvalue weighted by Crippen LogP contribution is -2.43. The number of amidine groups is 1. The minimum absolute atomic E-state index is 0.0676. The van der Waals surface area contributed by atoms with Crippen molar-refractivity contribution in [1.29, 1.82) is 0 Å². The van der Waals surface area contributed by atoms with E-state index in [1.165, 1.54) is 23.4 Å². The number of benzene rings is 2. The summed E-state index contributed by atoms with van der Waals surface area (Å²) in [4.78, 5) is 22.1. The van der Waals surface area contributed by atoms with E-state index < -0.39 is 11.7 Å². The molecule has 0 saturated heterocycles. The van der Waals surface area contributed by atoms with Gasteiger partial charge in [-0.05, 0) is 100 Å². The molecule has 2 unspecified atom stereocenters. The number of carbonyl (C=O) groups is 1. The number of phenolic OH excluding ortho intramolecular Hbond substituents is 1. The highest BCUT2D eigenvalue weighted by Gasteiger charge is 2.35. The number of hydrogen-bond acceptors (Lipinski definition) is 5. The minimum atomic E-state index is -0.620. The van der Waals surface area contributed by atoms with Crippen LogP contribution in [0.2, 0.25) is 0 Å². The lowest BCUT2D eigenvalue weighted by atomic mass is 9.83. The highest BCUT2D eigenvalue weighted by Crippen LogP contribution is 2.41. The number of aliphatic imine (C=N–C) groups is 1. The van der Waals surface area contributed by atoms with E-state index in [2.05, 4.69) is 24.0 Å². The van der Waals surface area contributed by atoms with Gasteiger partial charge in [-0.15, -0.1) is 0 Å². The SMILES string of the molecule is CC.CC1CC=C(C2CC=C(c3ccc(F)cc3)CC2)N2C(=N1)CN(C(=O)OC(C)(C)C)Cc1cc(O)ccc12. The number of ether oxygens (including phenoxy) is 1. The van der Waals surface area contributed by atoms with Gasteiger partial charge >= 0.3 is 6.09 Å². The second kappa shape index (κ2) is 12.3. The van der Waals surface area contributed by atoms with Crippen LogP contribution >= 0.6 is 0 Å². The van der Waals surface area contributed by atoms with Crippen LogP contribution < -0.4 is 4.90 Å². The molecular formula is C33H42FN3O3. The Bertz CT molecular complexity index is 1310. The summed E-state index contributed by atoms with van der Waals surface area (Å²) in [6, 6.07) is 12.1. The number of aromatic hydroxyl groups is 1. The Morgan fingerprint density at radius 2 is 1.77 bits per heavy atom. The van der Waals surface area contributed by atoms with Crippen LogP contribution in [0.3, 0.4) is 0 Å². The van der Waals surface area contributed by atoms with Gasteiger partial charge in [0.2, 0.25) is 0 Å². The molecule has 2 atom stereocenters. The van der Waals surface area contributed by atoms with Crippen molar-refractivity contribution in [2.75, 3.05) is 11.4 Å². The van der Waals surface area contributed by atoms with Crippen LogP contribution in [-0.4, -0.2) is 40.1 Å². The average molecular weight is 548 g/mol. The monoisotopic (exact) mass is 547 g/mol. The standard InChI is InChI=1S/C31H36FN3O3.C2H6/c1-20-5-15-27(23-8-6-21(7-9-23)22-10-12-25(32)13-11-22)35-28-16-14-26(36)17-24(28)18-34(19-29(35)33-20)30(37)38-31(2,3)4;1-2/h6,10-17,20,23,36H,5,7-9,18-19H2,1-4H3;1-2H3. The third-order valence-electron chi connectivity index (χ3n) is 7.25. The average Bonchev–Trinajstić information content (AvgIpc) is 3.17. The first kappa shape index (κ1) is 29.4. The molecule has 0 radical (unpaired) electrons. The Labute approximate surface area is 237 Å². The maximum atomic E-state index is 13.4. The fourth-order valence-electron chi connectivity index (χ4n) is 5.47. The van der Waals surface area contributed by atoms with Crippen LogP contribution in [0, 0.1) is 11.7 Å². The molecule has 6 nitrogen and oxygen atoms in total. The number of nitrogens with zero attached hydrogens (tertiary/aromatic N) is 3. The van der Waals surface area contributed by atoms with Crippen molar-refractivity contribution in [2.24, 2.45) is 10.9 Å². The molecule has 2 aliphatic heterocycles.